The molecule has 6 nitrogen and oxygen atoms in total. The van der Waals surface area contributed by atoms with Gasteiger partial charge in [0.25, 0.3) is 0 Å². The van der Waals surface area contributed by atoms with Crippen LogP contribution in [0.25, 0.3) is 0 Å². The summed E-state index contributed by atoms with van der Waals surface area (Å²) in [5.41, 5.74) is -0.0461. The third-order valence-electron chi connectivity index (χ3n) is 3.12. The Balaban J connectivity index is 2.33. The van der Waals surface area contributed by atoms with E-state index in [0.717, 1.165) is 4.90 Å². The van der Waals surface area contributed by atoms with Gasteiger partial charge in [0.05, 0.1) is 17.0 Å². The molecule has 1 aliphatic rings. The van der Waals surface area contributed by atoms with Crippen molar-refractivity contribution in [2.45, 2.75) is 6.42 Å². The number of hydrogen-bond donors (Lipinski definition) is 1. The van der Waals surface area contributed by atoms with Crippen LogP contribution in [0.2, 0.25) is 5.02 Å². The summed E-state index contributed by atoms with van der Waals surface area (Å²) in [7, 11) is -4.69. The molecule has 1 amide bonds. The first-order valence-electron chi connectivity index (χ1n) is 5.93. The van der Waals surface area contributed by atoms with Crippen LogP contribution in [0.4, 0.5) is 9.57 Å². The lowest BCUT2D eigenvalue weighted by molar-refractivity contribution is -0.117. The molecule has 1 saturated heterocycles. The molecule has 0 aliphatic carbocycles. The van der Waals surface area contributed by atoms with Gasteiger partial charge in [0.15, 0.2) is 0 Å². The highest BCUT2D eigenvalue weighted by Gasteiger charge is 2.35. The molecule has 0 spiro atoms. The molecule has 1 N–H and O–H groups in total. The van der Waals surface area contributed by atoms with Crippen molar-refractivity contribution in [3.05, 3.63) is 28.8 Å². The van der Waals surface area contributed by atoms with Crippen LogP contribution in [0.1, 0.15) is 16.8 Å². The maximum Gasteiger partial charge on any atom is 0.337 e. The Bertz CT molecular complexity index is 706. The highest BCUT2D eigenvalue weighted by Crippen LogP contribution is 2.31. The van der Waals surface area contributed by atoms with Crippen LogP contribution in [0.15, 0.2) is 18.2 Å². The molecular weight excluding hydrogens is 325 g/mol. The van der Waals surface area contributed by atoms with Crippen molar-refractivity contribution < 1.29 is 27.0 Å². The molecular formula is C12H11ClFNO5S. The molecule has 2 rings (SSSR count). The van der Waals surface area contributed by atoms with Gasteiger partial charge in [-0.2, -0.15) is 8.42 Å². The summed E-state index contributed by atoms with van der Waals surface area (Å²) in [6, 6.07) is 3.94. The highest BCUT2D eigenvalue weighted by molar-refractivity contribution is 7.86. The van der Waals surface area contributed by atoms with Crippen LogP contribution in [-0.2, 0) is 15.0 Å². The number of nitrogens with zero attached hydrogens (tertiary/aromatic N) is 1. The van der Waals surface area contributed by atoms with Crippen LogP contribution in [0.3, 0.4) is 0 Å². The number of hydrogen-bond acceptors (Lipinski definition) is 4. The van der Waals surface area contributed by atoms with Crippen molar-refractivity contribution in [2.75, 3.05) is 17.2 Å². The first-order valence-corrected chi connectivity index (χ1v) is 7.86. The third-order valence-corrected chi connectivity index (χ3v) is 4.23. The second-order valence-electron chi connectivity index (χ2n) is 4.75. The van der Waals surface area contributed by atoms with Gasteiger partial charge < -0.3 is 10.0 Å². The first-order chi connectivity index (χ1) is 9.67. The van der Waals surface area contributed by atoms with Crippen LogP contribution < -0.4 is 4.90 Å². The van der Waals surface area contributed by atoms with Gasteiger partial charge in [-0.1, -0.05) is 11.6 Å². The fourth-order valence-electron chi connectivity index (χ4n) is 2.32. The molecule has 21 heavy (non-hydrogen) atoms. The number of carbonyl (C=O) groups is 2. The van der Waals surface area contributed by atoms with Crippen molar-refractivity contribution in [3.63, 3.8) is 0 Å². The van der Waals surface area contributed by atoms with Crippen molar-refractivity contribution in [1.29, 1.82) is 0 Å². The predicted octanol–water partition coefficient (Wildman–Crippen LogP) is 1.69. The second-order valence-corrected chi connectivity index (χ2v) is 6.59. The summed E-state index contributed by atoms with van der Waals surface area (Å²) in [5, 5.41) is 9.36. The number of anilines is 1. The van der Waals surface area contributed by atoms with E-state index in [-0.39, 0.29) is 29.2 Å². The van der Waals surface area contributed by atoms with Crippen molar-refractivity contribution in [3.8, 4) is 0 Å². The quantitative estimate of drug-likeness (QED) is 0.845. The molecule has 1 atom stereocenters. The molecule has 9 heteroatoms. The Labute approximate surface area is 125 Å². The molecule has 0 bridgehead atoms. The Morgan fingerprint density at radius 2 is 2.14 bits per heavy atom. The van der Waals surface area contributed by atoms with Gasteiger partial charge >= 0.3 is 16.2 Å². The highest BCUT2D eigenvalue weighted by atomic mass is 35.5. The molecule has 1 aliphatic heterocycles. The number of benzene rings is 1. The maximum absolute atomic E-state index is 12.7. The predicted molar refractivity (Wildman–Crippen MR) is 73.8 cm³/mol. The minimum absolute atomic E-state index is 0.0669. The van der Waals surface area contributed by atoms with Crippen LogP contribution in [0.5, 0.6) is 0 Å². The molecule has 0 saturated carbocycles. The van der Waals surface area contributed by atoms with Crippen LogP contribution >= 0.6 is 11.6 Å². The molecule has 0 radical (unpaired) electrons. The van der Waals surface area contributed by atoms with E-state index in [9.17, 15) is 21.9 Å². The Morgan fingerprint density at radius 3 is 2.71 bits per heavy atom. The van der Waals surface area contributed by atoms with E-state index in [1.54, 1.807) is 0 Å². The van der Waals surface area contributed by atoms with E-state index in [4.69, 9.17) is 16.7 Å². The number of carboxylic acid groups (broad SMARTS) is 1. The zero-order valence-electron chi connectivity index (χ0n) is 10.6. The number of amides is 1. The van der Waals surface area contributed by atoms with Gasteiger partial charge in [-0.05, 0) is 18.2 Å². The molecule has 1 heterocycles. The average molecular weight is 336 g/mol. The Kier molecular flexibility index (Phi) is 4.20. The lowest BCUT2D eigenvalue weighted by atomic mass is 10.1. The molecule has 1 unspecified atom stereocenters. The summed E-state index contributed by atoms with van der Waals surface area (Å²) in [6.45, 7) is -0.0669. The largest absolute Gasteiger partial charge is 0.478 e. The lowest BCUT2D eigenvalue weighted by Crippen LogP contribution is -2.27. The summed E-state index contributed by atoms with van der Waals surface area (Å²) in [6.07, 6.45) is -0.158. The number of carbonyl (C=O) groups excluding carboxylic acids is 1. The minimum atomic E-state index is -4.69. The van der Waals surface area contributed by atoms with Crippen molar-refractivity contribution >= 4 is 39.4 Å². The minimum Gasteiger partial charge on any atom is -0.478 e. The summed E-state index contributed by atoms with van der Waals surface area (Å²) in [5.74, 6) is -3.18. The number of carboxylic acids is 1. The third kappa shape index (κ3) is 3.70. The number of halogens is 2. The van der Waals surface area contributed by atoms with E-state index in [1.165, 1.54) is 18.2 Å². The van der Waals surface area contributed by atoms with E-state index in [0.29, 0.717) is 0 Å². The standard InChI is InChI=1S/C12H11ClFNO5S/c13-8-1-2-9(12(17)18)10(4-8)15-5-7(3-11(15)16)6-21(14,19)20/h1-2,4,7H,3,5-6H2,(H,17,18). The summed E-state index contributed by atoms with van der Waals surface area (Å²) < 4.78 is 34.0. The molecule has 0 aromatic heterocycles. The monoisotopic (exact) mass is 335 g/mol. The topological polar surface area (TPSA) is 91.8 Å². The molecule has 1 aromatic rings. The fourth-order valence-corrected chi connectivity index (χ4v) is 3.27. The molecule has 1 aromatic carbocycles. The van der Waals surface area contributed by atoms with Gasteiger partial charge in [-0.25, -0.2) is 4.79 Å². The van der Waals surface area contributed by atoms with Gasteiger partial charge in [0, 0.05) is 23.9 Å². The van der Waals surface area contributed by atoms with E-state index in [2.05, 4.69) is 0 Å². The molecule has 114 valence electrons. The van der Waals surface area contributed by atoms with Crippen molar-refractivity contribution in [2.24, 2.45) is 5.92 Å². The van der Waals surface area contributed by atoms with E-state index >= 15 is 0 Å². The Morgan fingerprint density at radius 1 is 1.48 bits per heavy atom. The summed E-state index contributed by atoms with van der Waals surface area (Å²) >= 11 is 5.80. The maximum atomic E-state index is 12.7. The zero-order chi connectivity index (χ0) is 15.8. The van der Waals surface area contributed by atoms with Gasteiger partial charge in [0.2, 0.25) is 5.91 Å². The van der Waals surface area contributed by atoms with Gasteiger partial charge in [-0.3, -0.25) is 4.79 Å². The zero-order valence-corrected chi connectivity index (χ0v) is 12.2. The van der Waals surface area contributed by atoms with E-state index < -0.39 is 33.8 Å². The average Bonchev–Trinajstić information content (AvgIpc) is 2.66. The van der Waals surface area contributed by atoms with Gasteiger partial charge in [0.1, 0.15) is 0 Å². The SMILES string of the molecule is O=C(O)c1ccc(Cl)cc1N1CC(CS(=O)(=O)F)CC1=O. The second kappa shape index (κ2) is 5.61. The summed E-state index contributed by atoms with van der Waals surface area (Å²) in [4.78, 5) is 24.2. The van der Waals surface area contributed by atoms with Crippen molar-refractivity contribution in [1.82, 2.24) is 0 Å². The van der Waals surface area contributed by atoms with Crippen LogP contribution in [-0.4, -0.2) is 37.7 Å². The smallest absolute Gasteiger partial charge is 0.337 e. The van der Waals surface area contributed by atoms with E-state index in [1.807, 2.05) is 0 Å². The normalized spacial score (nSPS) is 19.0. The first kappa shape index (κ1) is 15.7. The van der Waals surface area contributed by atoms with Crippen LogP contribution in [0, 0.1) is 5.92 Å². The Hall–Kier alpha value is -1.67. The number of aromatic carboxylic acids is 1. The number of rotatable bonds is 4. The molecule has 1 fully saturated rings. The fraction of sp³-hybridized carbons (Fsp3) is 0.333. The van der Waals surface area contributed by atoms with Gasteiger partial charge in [-0.15, -0.1) is 3.89 Å². The lowest BCUT2D eigenvalue weighted by Gasteiger charge is -2.19.